The zero-order valence-corrected chi connectivity index (χ0v) is 18.9. The Morgan fingerprint density at radius 3 is 1.93 bits per heavy atom. The van der Waals surface area contributed by atoms with Gasteiger partial charge in [-0.25, -0.2) is 0 Å². The largest absolute Gasteiger partial charge is 0.497 e. The van der Waals surface area contributed by atoms with Crippen LogP contribution in [0.1, 0.15) is 63.5 Å². The topological polar surface area (TPSA) is 9.23 Å². The predicted molar refractivity (Wildman–Crippen MR) is 130 cm³/mol. The molecule has 0 atom stereocenters. The van der Waals surface area contributed by atoms with E-state index in [9.17, 15) is 0 Å². The molecule has 0 fully saturated rings. The van der Waals surface area contributed by atoms with Gasteiger partial charge in [0.05, 0.1) is 7.11 Å². The van der Waals surface area contributed by atoms with Gasteiger partial charge in [-0.15, -0.1) is 0 Å². The monoisotopic (exact) mass is 400 g/mol. The second kappa shape index (κ2) is 11.6. The van der Waals surface area contributed by atoms with Crippen LogP contribution in [0.15, 0.2) is 66.7 Å². The maximum Gasteiger partial charge on any atom is 0.118 e. The molecule has 0 saturated heterocycles. The number of methoxy groups -OCH3 is 1. The van der Waals surface area contributed by atoms with Crippen molar-refractivity contribution in [2.75, 3.05) is 7.11 Å². The quantitative estimate of drug-likeness (QED) is 0.293. The summed E-state index contributed by atoms with van der Waals surface area (Å²) in [7, 11) is 1.71. The Kier molecular flexibility index (Phi) is 8.56. The molecule has 0 aromatic heterocycles. The Hall–Kier alpha value is -2.54. The maximum atomic E-state index is 5.29. The zero-order valence-electron chi connectivity index (χ0n) is 18.9. The van der Waals surface area contributed by atoms with Crippen LogP contribution in [0, 0.1) is 0 Å². The molecule has 0 radical (unpaired) electrons. The average molecular weight is 401 g/mol. The smallest absolute Gasteiger partial charge is 0.118 e. The molecule has 0 amide bonds. The van der Waals surface area contributed by atoms with Gasteiger partial charge < -0.3 is 4.74 Å². The summed E-state index contributed by atoms with van der Waals surface area (Å²) in [5, 5.41) is 0. The van der Waals surface area contributed by atoms with E-state index in [1.54, 1.807) is 7.11 Å². The maximum absolute atomic E-state index is 5.29. The molecule has 0 spiro atoms. The first-order chi connectivity index (χ1) is 14.7. The minimum Gasteiger partial charge on any atom is -0.497 e. The third kappa shape index (κ3) is 5.98. The van der Waals surface area contributed by atoms with Gasteiger partial charge in [-0.3, -0.25) is 0 Å². The number of rotatable bonds is 11. The van der Waals surface area contributed by atoms with Crippen LogP contribution in [-0.2, 0) is 12.8 Å². The summed E-state index contributed by atoms with van der Waals surface area (Å²) >= 11 is 0. The first-order valence-electron chi connectivity index (χ1n) is 11.6. The summed E-state index contributed by atoms with van der Waals surface area (Å²) < 4.78 is 5.29. The highest BCUT2D eigenvalue weighted by Crippen LogP contribution is 2.30. The van der Waals surface area contributed by atoms with Gasteiger partial charge in [-0.2, -0.15) is 0 Å². The van der Waals surface area contributed by atoms with Crippen molar-refractivity contribution >= 4 is 0 Å². The lowest BCUT2D eigenvalue weighted by molar-refractivity contribution is 0.415. The van der Waals surface area contributed by atoms with Crippen molar-refractivity contribution < 1.29 is 4.74 Å². The number of unbranched alkanes of at least 4 members (excludes halogenated alkanes) is 5. The molecule has 0 bridgehead atoms. The van der Waals surface area contributed by atoms with Crippen LogP contribution >= 0.6 is 0 Å². The SMILES string of the molecule is CCCCCCCCc1ccc(-c2ccc(-c3ccc(OC)cc3)c(CC)c2)cc1. The fourth-order valence-electron chi connectivity index (χ4n) is 4.09. The van der Waals surface area contributed by atoms with E-state index in [4.69, 9.17) is 4.74 Å². The highest BCUT2D eigenvalue weighted by Gasteiger charge is 2.07. The molecule has 0 aliphatic rings. The molecular formula is C29H36O. The Labute approximate surface area is 183 Å². The van der Waals surface area contributed by atoms with Crippen molar-refractivity contribution in [1.82, 2.24) is 0 Å². The third-order valence-electron chi connectivity index (χ3n) is 5.99. The van der Waals surface area contributed by atoms with Gasteiger partial charge in [-0.1, -0.05) is 101 Å². The summed E-state index contributed by atoms with van der Waals surface area (Å²) in [5.74, 6) is 0.898. The van der Waals surface area contributed by atoms with Crippen molar-refractivity contribution in [2.45, 2.75) is 65.2 Å². The van der Waals surface area contributed by atoms with Crippen LogP contribution < -0.4 is 4.74 Å². The van der Waals surface area contributed by atoms with Crippen molar-refractivity contribution in [3.05, 3.63) is 77.9 Å². The van der Waals surface area contributed by atoms with Crippen LogP contribution in [0.5, 0.6) is 5.75 Å². The van der Waals surface area contributed by atoms with Gasteiger partial charge in [-0.05, 0) is 64.8 Å². The van der Waals surface area contributed by atoms with Crippen LogP contribution in [0.2, 0.25) is 0 Å². The van der Waals surface area contributed by atoms with E-state index in [1.165, 1.54) is 78.3 Å². The normalized spacial score (nSPS) is 10.9. The van der Waals surface area contributed by atoms with Gasteiger partial charge in [0.25, 0.3) is 0 Å². The van der Waals surface area contributed by atoms with Gasteiger partial charge in [0.2, 0.25) is 0 Å². The third-order valence-corrected chi connectivity index (χ3v) is 5.99. The molecular weight excluding hydrogens is 364 g/mol. The van der Waals surface area contributed by atoms with Crippen molar-refractivity contribution in [3.63, 3.8) is 0 Å². The van der Waals surface area contributed by atoms with E-state index >= 15 is 0 Å². The molecule has 0 aliphatic heterocycles. The van der Waals surface area contributed by atoms with E-state index in [2.05, 4.69) is 68.4 Å². The molecule has 0 N–H and O–H groups in total. The van der Waals surface area contributed by atoms with Crippen molar-refractivity contribution in [3.8, 4) is 28.0 Å². The fourth-order valence-corrected chi connectivity index (χ4v) is 4.09. The minimum absolute atomic E-state index is 0.898. The second-order valence-corrected chi connectivity index (χ2v) is 8.17. The summed E-state index contributed by atoms with van der Waals surface area (Å²) in [5.41, 5.74) is 8.00. The zero-order chi connectivity index (χ0) is 21.2. The molecule has 0 aliphatic carbocycles. The lowest BCUT2D eigenvalue weighted by Gasteiger charge is -2.12. The molecule has 3 aromatic rings. The Balaban J connectivity index is 1.66. The molecule has 3 aromatic carbocycles. The second-order valence-electron chi connectivity index (χ2n) is 8.17. The van der Waals surface area contributed by atoms with E-state index in [0.717, 1.165) is 12.2 Å². The van der Waals surface area contributed by atoms with Crippen LogP contribution in [0.4, 0.5) is 0 Å². The highest BCUT2D eigenvalue weighted by molar-refractivity contribution is 5.74. The molecule has 158 valence electrons. The lowest BCUT2D eigenvalue weighted by Crippen LogP contribution is -1.91. The Morgan fingerprint density at radius 1 is 0.633 bits per heavy atom. The van der Waals surface area contributed by atoms with Crippen molar-refractivity contribution in [2.24, 2.45) is 0 Å². The average Bonchev–Trinajstić information content (AvgIpc) is 2.81. The summed E-state index contributed by atoms with van der Waals surface area (Å²) in [6, 6.07) is 24.4. The predicted octanol–water partition coefficient (Wildman–Crippen LogP) is 8.49. The van der Waals surface area contributed by atoms with E-state index in [-0.39, 0.29) is 0 Å². The first-order valence-corrected chi connectivity index (χ1v) is 11.6. The molecule has 1 nitrogen and oxygen atoms in total. The van der Waals surface area contributed by atoms with E-state index in [1.807, 2.05) is 12.1 Å². The summed E-state index contributed by atoms with van der Waals surface area (Å²) in [4.78, 5) is 0. The van der Waals surface area contributed by atoms with Gasteiger partial charge in [0, 0.05) is 0 Å². The van der Waals surface area contributed by atoms with Crippen LogP contribution in [0.3, 0.4) is 0 Å². The lowest BCUT2D eigenvalue weighted by atomic mass is 9.93. The number of benzene rings is 3. The summed E-state index contributed by atoms with van der Waals surface area (Å²) in [6.45, 7) is 4.51. The minimum atomic E-state index is 0.898. The number of hydrogen-bond donors (Lipinski definition) is 0. The van der Waals surface area contributed by atoms with Crippen molar-refractivity contribution in [1.29, 1.82) is 0 Å². The van der Waals surface area contributed by atoms with Crippen LogP contribution in [-0.4, -0.2) is 7.11 Å². The standard InChI is InChI=1S/C29H36O/c1-4-6-7-8-9-10-11-23-12-14-25(15-13-23)27-18-21-29(24(5-2)22-27)26-16-19-28(30-3)20-17-26/h12-22H,4-11H2,1-3H3. The summed E-state index contributed by atoms with van der Waals surface area (Å²) in [6.07, 6.45) is 10.4. The fraction of sp³-hybridized carbons (Fsp3) is 0.379. The van der Waals surface area contributed by atoms with Gasteiger partial charge >= 0.3 is 0 Å². The van der Waals surface area contributed by atoms with Crippen LogP contribution in [0.25, 0.3) is 22.3 Å². The molecule has 3 rings (SSSR count). The van der Waals surface area contributed by atoms with E-state index in [0.29, 0.717) is 0 Å². The molecule has 30 heavy (non-hydrogen) atoms. The Bertz CT molecular complexity index is 891. The molecule has 0 unspecified atom stereocenters. The van der Waals surface area contributed by atoms with Gasteiger partial charge in [0.15, 0.2) is 0 Å². The Morgan fingerprint density at radius 2 is 1.27 bits per heavy atom. The number of ether oxygens (including phenoxy) is 1. The highest BCUT2D eigenvalue weighted by atomic mass is 16.5. The first kappa shape index (κ1) is 22.2. The van der Waals surface area contributed by atoms with E-state index < -0.39 is 0 Å². The molecule has 0 saturated carbocycles. The number of aryl methyl sites for hydroxylation is 2. The molecule has 1 heteroatoms. The molecule has 0 heterocycles. The number of hydrogen-bond acceptors (Lipinski definition) is 1. The van der Waals surface area contributed by atoms with Gasteiger partial charge in [0.1, 0.15) is 5.75 Å².